The molecule has 1 unspecified atom stereocenters. The summed E-state index contributed by atoms with van der Waals surface area (Å²) in [7, 11) is 0. The van der Waals surface area contributed by atoms with E-state index in [1.807, 2.05) is 46.9 Å². The number of carbonyl (C=O) groups excluding carboxylic acids is 1. The first kappa shape index (κ1) is 17.6. The zero-order valence-corrected chi connectivity index (χ0v) is 14.4. The van der Waals surface area contributed by atoms with Gasteiger partial charge in [0.15, 0.2) is 5.16 Å². The van der Waals surface area contributed by atoms with Gasteiger partial charge < -0.3 is 16.0 Å². The van der Waals surface area contributed by atoms with Gasteiger partial charge in [-0.1, -0.05) is 11.8 Å². The van der Waals surface area contributed by atoms with Crippen LogP contribution in [-0.2, 0) is 4.79 Å². The van der Waals surface area contributed by atoms with E-state index in [0.29, 0.717) is 11.0 Å². The summed E-state index contributed by atoms with van der Waals surface area (Å²) in [6.07, 6.45) is 1.92. The minimum Gasteiger partial charge on any atom is -0.370 e. The highest BCUT2D eigenvalue weighted by molar-refractivity contribution is 7.98. The molecule has 6 nitrogen and oxygen atoms in total. The molecule has 0 aliphatic rings. The molecular formula is C14H25N5OS. The SMILES string of the molecule is CCNc1cc(NC(C)C(=O)NC(C)(C)C)nc(SC)n1. The first-order valence-corrected chi connectivity index (χ1v) is 8.23. The Balaban J connectivity index is 2.81. The van der Waals surface area contributed by atoms with Crippen molar-refractivity contribution < 1.29 is 4.79 Å². The van der Waals surface area contributed by atoms with E-state index in [1.54, 1.807) is 0 Å². The maximum atomic E-state index is 12.1. The fraction of sp³-hybridized carbons (Fsp3) is 0.643. The van der Waals surface area contributed by atoms with E-state index >= 15 is 0 Å². The van der Waals surface area contributed by atoms with Gasteiger partial charge in [0, 0.05) is 18.2 Å². The van der Waals surface area contributed by atoms with E-state index in [9.17, 15) is 4.79 Å². The van der Waals surface area contributed by atoms with Crippen LogP contribution in [0, 0.1) is 0 Å². The highest BCUT2D eigenvalue weighted by atomic mass is 32.2. The Hall–Kier alpha value is -1.50. The summed E-state index contributed by atoms with van der Waals surface area (Å²) >= 11 is 1.47. The Kier molecular flexibility index (Phi) is 6.26. The van der Waals surface area contributed by atoms with Gasteiger partial charge in [-0.15, -0.1) is 0 Å². The zero-order valence-electron chi connectivity index (χ0n) is 13.6. The third kappa shape index (κ3) is 6.20. The number of aromatic nitrogens is 2. The zero-order chi connectivity index (χ0) is 16.0. The number of carbonyl (C=O) groups is 1. The van der Waals surface area contributed by atoms with Crippen molar-refractivity contribution in [2.75, 3.05) is 23.4 Å². The summed E-state index contributed by atoms with van der Waals surface area (Å²) in [4.78, 5) is 20.8. The molecule has 118 valence electrons. The largest absolute Gasteiger partial charge is 0.370 e. The van der Waals surface area contributed by atoms with Crippen LogP contribution >= 0.6 is 11.8 Å². The van der Waals surface area contributed by atoms with Crippen LogP contribution in [0.25, 0.3) is 0 Å². The van der Waals surface area contributed by atoms with Gasteiger partial charge in [0.2, 0.25) is 5.91 Å². The lowest BCUT2D eigenvalue weighted by atomic mass is 10.1. The molecule has 0 saturated heterocycles. The molecule has 1 aromatic heterocycles. The average Bonchev–Trinajstić information content (AvgIpc) is 2.36. The van der Waals surface area contributed by atoms with E-state index in [4.69, 9.17) is 0 Å². The molecule has 0 bridgehead atoms. The second-order valence-electron chi connectivity index (χ2n) is 5.76. The molecule has 1 heterocycles. The van der Waals surface area contributed by atoms with Crippen LogP contribution in [0.3, 0.4) is 0 Å². The number of rotatable bonds is 6. The highest BCUT2D eigenvalue weighted by Gasteiger charge is 2.19. The first-order chi connectivity index (χ1) is 9.75. The van der Waals surface area contributed by atoms with E-state index < -0.39 is 0 Å². The molecule has 0 spiro atoms. The summed E-state index contributed by atoms with van der Waals surface area (Å²) < 4.78 is 0. The minimum absolute atomic E-state index is 0.0585. The van der Waals surface area contributed by atoms with Crippen LogP contribution in [0.4, 0.5) is 11.6 Å². The van der Waals surface area contributed by atoms with Crippen molar-refractivity contribution in [1.29, 1.82) is 0 Å². The Labute approximate surface area is 130 Å². The number of amides is 1. The lowest BCUT2D eigenvalue weighted by Crippen LogP contribution is -2.47. The molecule has 0 aliphatic heterocycles. The van der Waals surface area contributed by atoms with Gasteiger partial charge in [0.1, 0.15) is 17.7 Å². The van der Waals surface area contributed by atoms with Gasteiger partial charge in [0.25, 0.3) is 0 Å². The van der Waals surface area contributed by atoms with Gasteiger partial charge in [-0.2, -0.15) is 0 Å². The fourth-order valence-electron chi connectivity index (χ4n) is 1.63. The van der Waals surface area contributed by atoms with Gasteiger partial charge in [0.05, 0.1) is 0 Å². The molecule has 7 heteroatoms. The second kappa shape index (κ2) is 7.49. The van der Waals surface area contributed by atoms with Crippen LogP contribution in [0.2, 0.25) is 0 Å². The monoisotopic (exact) mass is 311 g/mol. The third-order valence-corrected chi connectivity index (χ3v) is 3.05. The summed E-state index contributed by atoms with van der Waals surface area (Å²) in [5.74, 6) is 1.33. The van der Waals surface area contributed by atoms with Crippen molar-refractivity contribution in [2.45, 2.75) is 51.4 Å². The van der Waals surface area contributed by atoms with Crippen LogP contribution in [0.5, 0.6) is 0 Å². The third-order valence-electron chi connectivity index (χ3n) is 2.50. The standard InChI is InChI=1S/C14H25N5OS/c1-7-15-10-8-11(18-13(17-10)21-6)16-9(2)12(20)19-14(3,4)5/h8-9H,7H2,1-6H3,(H,19,20)(H2,15,16,17,18). The fourth-order valence-corrected chi connectivity index (χ4v) is 2.01. The second-order valence-corrected chi connectivity index (χ2v) is 6.53. The van der Waals surface area contributed by atoms with Crippen LogP contribution < -0.4 is 16.0 Å². The molecule has 21 heavy (non-hydrogen) atoms. The molecule has 1 rings (SSSR count). The smallest absolute Gasteiger partial charge is 0.242 e. The molecule has 1 amide bonds. The molecule has 0 radical (unpaired) electrons. The van der Waals surface area contributed by atoms with Crippen molar-refractivity contribution in [3.8, 4) is 0 Å². The number of hydrogen-bond donors (Lipinski definition) is 3. The molecule has 0 aliphatic carbocycles. The first-order valence-electron chi connectivity index (χ1n) is 7.00. The highest BCUT2D eigenvalue weighted by Crippen LogP contribution is 2.18. The predicted octanol–water partition coefficient (Wildman–Crippen LogP) is 2.35. The van der Waals surface area contributed by atoms with Gasteiger partial charge >= 0.3 is 0 Å². The van der Waals surface area contributed by atoms with Crippen molar-refractivity contribution >= 4 is 29.3 Å². The van der Waals surface area contributed by atoms with E-state index in [1.165, 1.54) is 11.8 Å². The molecule has 1 aromatic rings. The summed E-state index contributed by atoms with van der Waals surface area (Å²) in [6.45, 7) is 10.5. The summed E-state index contributed by atoms with van der Waals surface area (Å²) in [5, 5.41) is 9.89. The lowest BCUT2D eigenvalue weighted by molar-refractivity contribution is -0.122. The number of nitrogens with one attached hydrogen (secondary N) is 3. The molecule has 0 aromatic carbocycles. The molecule has 0 saturated carbocycles. The van der Waals surface area contributed by atoms with Crippen molar-refractivity contribution in [3.63, 3.8) is 0 Å². The van der Waals surface area contributed by atoms with E-state index in [2.05, 4.69) is 25.9 Å². The maximum Gasteiger partial charge on any atom is 0.242 e. The average molecular weight is 311 g/mol. The van der Waals surface area contributed by atoms with Gasteiger partial charge in [-0.05, 0) is 40.9 Å². The maximum absolute atomic E-state index is 12.1. The van der Waals surface area contributed by atoms with Gasteiger partial charge in [-0.3, -0.25) is 4.79 Å². The Morgan fingerprint density at radius 3 is 2.48 bits per heavy atom. The predicted molar refractivity (Wildman–Crippen MR) is 89.0 cm³/mol. The summed E-state index contributed by atoms with van der Waals surface area (Å²) in [5.41, 5.74) is -0.252. The van der Waals surface area contributed by atoms with Crippen LogP contribution in [-0.4, -0.2) is 40.3 Å². The number of nitrogens with zero attached hydrogens (tertiary/aromatic N) is 2. The Morgan fingerprint density at radius 1 is 1.33 bits per heavy atom. The molecule has 0 fully saturated rings. The van der Waals surface area contributed by atoms with Crippen molar-refractivity contribution in [2.24, 2.45) is 0 Å². The Morgan fingerprint density at radius 2 is 1.95 bits per heavy atom. The Bertz CT molecular complexity index is 487. The van der Waals surface area contributed by atoms with E-state index in [-0.39, 0.29) is 17.5 Å². The van der Waals surface area contributed by atoms with Crippen LogP contribution in [0.1, 0.15) is 34.6 Å². The summed E-state index contributed by atoms with van der Waals surface area (Å²) in [6, 6.07) is 1.44. The molecular weight excluding hydrogens is 286 g/mol. The minimum atomic E-state index is -0.372. The van der Waals surface area contributed by atoms with Gasteiger partial charge in [-0.25, -0.2) is 9.97 Å². The lowest BCUT2D eigenvalue weighted by Gasteiger charge is -2.24. The molecule has 3 N–H and O–H groups in total. The quantitative estimate of drug-likeness (QED) is 0.553. The van der Waals surface area contributed by atoms with Crippen molar-refractivity contribution in [3.05, 3.63) is 6.07 Å². The number of thioether (sulfide) groups is 1. The number of hydrogen-bond acceptors (Lipinski definition) is 6. The topological polar surface area (TPSA) is 78.9 Å². The number of anilines is 2. The molecule has 1 atom stereocenters. The van der Waals surface area contributed by atoms with Crippen molar-refractivity contribution in [1.82, 2.24) is 15.3 Å². The normalized spacial score (nSPS) is 12.7. The van der Waals surface area contributed by atoms with E-state index in [0.717, 1.165) is 12.4 Å². The van der Waals surface area contributed by atoms with Crippen LogP contribution in [0.15, 0.2) is 11.2 Å².